The molecule has 3 aromatic rings. The van der Waals surface area contributed by atoms with E-state index in [2.05, 4.69) is 17.4 Å². The molecule has 124 valence electrons. The van der Waals surface area contributed by atoms with E-state index in [1.165, 1.54) is 0 Å². The fourth-order valence-corrected chi connectivity index (χ4v) is 3.29. The number of nitrogens with one attached hydrogen (secondary N) is 1. The van der Waals surface area contributed by atoms with Crippen LogP contribution in [-0.4, -0.2) is 12.5 Å². The molecule has 1 aliphatic rings. The molecule has 1 unspecified atom stereocenters. The summed E-state index contributed by atoms with van der Waals surface area (Å²) >= 11 is 5.95. The van der Waals surface area contributed by atoms with Crippen molar-refractivity contribution < 1.29 is 4.79 Å². The Balaban J connectivity index is 1.72. The van der Waals surface area contributed by atoms with Crippen molar-refractivity contribution in [3.63, 3.8) is 0 Å². The van der Waals surface area contributed by atoms with Gasteiger partial charge in [0, 0.05) is 10.6 Å². The number of carbonyl (C=O) groups excluding carboxylic acids is 1. The Bertz CT molecular complexity index is 893. The maximum absolute atomic E-state index is 13.1. The Kier molecular flexibility index (Phi) is 4.16. The third-order valence-electron chi connectivity index (χ3n) is 4.43. The molecule has 0 bridgehead atoms. The first-order valence-electron chi connectivity index (χ1n) is 8.20. The van der Waals surface area contributed by atoms with Gasteiger partial charge in [0.25, 0.3) is 5.91 Å². The van der Waals surface area contributed by atoms with Gasteiger partial charge in [-0.25, -0.2) is 0 Å². The van der Waals surface area contributed by atoms with Crippen LogP contribution in [0, 0.1) is 0 Å². The van der Waals surface area contributed by atoms with Crippen molar-refractivity contribution in [2.24, 2.45) is 0 Å². The van der Waals surface area contributed by atoms with Crippen molar-refractivity contribution in [3.05, 3.63) is 95.0 Å². The summed E-state index contributed by atoms with van der Waals surface area (Å²) in [7, 11) is 0. The molecule has 0 aromatic heterocycles. The van der Waals surface area contributed by atoms with E-state index in [9.17, 15) is 4.79 Å². The van der Waals surface area contributed by atoms with Crippen molar-refractivity contribution in [1.82, 2.24) is 0 Å². The van der Waals surface area contributed by atoms with E-state index in [1.54, 1.807) is 24.3 Å². The molecule has 0 saturated heterocycles. The van der Waals surface area contributed by atoms with Gasteiger partial charge in [-0.2, -0.15) is 0 Å². The first-order valence-corrected chi connectivity index (χ1v) is 8.58. The summed E-state index contributed by atoms with van der Waals surface area (Å²) < 4.78 is 0. The summed E-state index contributed by atoms with van der Waals surface area (Å²) in [6.07, 6.45) is 0. The largest absolute Gasteiger partial charge is 0.375 e. The number of hydrogen-bond donors (Lipinski definition) is 1. The molecule has 3 nitrogen and oxygen atoms in total. The molecule has 0 radical (unpaired) electrons. The summed E-state index contributed by atoms with van der Waals surface area (Å²) in [5.41, 5.74) is 3.65. The zero-order valence-corrected chi connectivity index (χ0v) is 14.3. The van der Waals surface area contributed by atoms with Gasteiger partial charge in [0.15, 0.2) is 0 Å². The number of benzene rings is 3. The van der Waals surface area contributed by atoms with Gasteiger partial charge in [-0.1, -0.05) is 54.1 Å². The number of halogens is 1. The van der Waals surface area contributed by atoms with E-state index < -0.39 is 0 Å². The zero-order chi connectivity index (χ0) is 17.2. The molecule has 3 aromatic carbocycles. The van der Waals surface area contributed by atoms with E-state index in [0.29, 0.717) is 17.1 Å². The number of amides is 1. The standard InChI is InChI=1S/C21H17ClN2O/c22-17-12-10-16(11-13-17)21(25)24-14-19(15-6-2-1-3-7-15)23-18-8-4-5-9-20(18)24/h1-13,19,23H,14H2. The predicted octanol–water partition coefficient (Wildman–Crippen LogP) is 5.15. The normalized spacial score (nSPS) is 16.0. The highest BCUT2D eigenvalue weighted by molar-refractivity contribution is 6.30. The van der Waals surface area contributed by atoms with Crippen LogP contribution in [0.15, 0.2) is 78.9 Å². The lowest BCUT2D eigenvalue weighted by Gasteiger charge is -2.36. The summed E-state index contributed by atoms with van der Waals surface area (Å²) in [6, 6.07) is 25.2. The van der Waals surface area contributed by atoms with Gasteiger partial charge in [0.05, 0.1) is 24.0 Å². The summed E-state index contributed by atoms with van der Waals surface area (Å²) in [6.45, 7) is 0.572. The van der Waals surface area contributed by atoms with Gasteiger partial charge in [0.1, 0.15) is 0 Å². The van der Waals surface area contributed by atoms with E-state index in [1.807, 2.05) is 47.4 Å². The lowest BCUT2D eigenvalue weighted by atomic mass is 10.0. The molecular formula is C21H17ClN2O. The Labute approximate surface area is 151 Å². The first kappa shape index (κ1) is 15.7. The second-order valence-electron chi connectivity index (χ2n) is 6.05. The molecular weight excluding hydrogens is 332 g/mol. The SMILES string of the molecule is O=C(c1ccc(Cl)cc1)N1CC(c2ccccc2)Nc2ccccc21. The number of fused-ring (bicyclic) bond motifs is 1. The molecule has 1 N–H and O–H groups in total. The number of para-hydroxylation sites is 2. The van der Waals surface area contributed by atoms with E-state index >= 15 is 0 Å². The van der Waals surface area contributed by atoms with Crippen molar-refractivity contribution in [1.29, 1.82) is 0 Å². The van der Waals surface area contributed by atoms with Crippen molar-refractivity contribution in [3.8, 4) is 0 Å². The highest BCUT2D eigenvalue weighted by atomic mass is 35.5. The topological polar surface area (TPSA) is 32.3 Å². The highest BCUT2D eigenvalue weighted by Gasteiger charge is 2.29. The van der Waals surface area contributed by atoms with Crippen LogP contribution in [0.2, 0.25) is 5.02 Å². The van der Waals surface area contributed by atoms with Crippen LogP contribution < -0.4 is 10.2 Å². The van der Waals surface area contributed by atoms with Crippen LogP contribution in [-0.2, 0) is 0 Å². The molecule has 1 atom stereocenters. The maximum atomic E-state index is 13.1. The van der Waals surface area contributed by atoms with E-state index in [0.717, 1.165) is 16.9 Å². The Morgan fingerprint density at radius 3 is 2.36 bits per heavy atom. The lowest BCUT2D eigenvalue weighted by Crippen LogP contribution is -2.40. The van der Waals surface area contributed by atoms with Gasteiger partial charge in [-0.15, -0.1) is 0 Å². The molecule has 1 heterocycles. The average Bonchev–Trinajstić information content (AvgIpc) is 2.68. The second kappa shape index (κ2) is 6.61. The molecule has 0 saturated carbocycles. The average molecular weight is 349 g/mol. The maximum Gasteiger partial charge on any atom is 0.258 e. The van der Waals surface area contributed by atoms with Gasteiger partial charge < -0.3 is 10.2 Å². The van der Waals surface area contributed by atoms with Crippen molar-refractivity contribution in [2.75, 3.05) is 16.8 Å². The van der Waals surface area contributed by atoms with Crippen LogP contribution in [0.1, 0.15) is 22.0 Å². The van der Waals surface area contributed by atoms with Crippen LogP contribution in [0.5, 0.6) is 0 Å². The van der Waals surface area contributed by atoms with E-state index in [-0.39, 0.29) is 11.9 Å². The summed E-state index contributed by atoms with van der Waals surface area (Å²) in [5.74, 6) is -0.0217. The number of hydrogen-bond acceptors (Lipinski definition) is 2. The summed E-state index contributed by atoms with van der Waals surface area (Å²) in [4.78, 5) is 14.9. The van der Waals surface area contributed by atoms with Crippen molar-refractivity contribution in [2.45, 2.75) is 6.04 Å². The molecule has 0 aliphatic carbocycles. The molecule has 1 amide bonds. The number of anilines is 2. The predicted molar refractivity (Wildman–Crippen MR) is 102 cm³/mol. The molecule has 4 heteroatoms. The second-order valence-corrected chi connectivity index (χ2v) is 6.48. The minimum atomic E-state index is -0.0217. The van der Waals surface area contributed by atoms with Crippen molar-refractivity contribution >= 4 is 28.9 Å². The molecule has 1 aliphatic heterocycles. The van der Waals surface area contributed by atoms with Gasteiger partial charge in [-0.3, -0.25) is 4.79 Å². The Morgan fingerprint density at radius 2 is 1.60 bits per heavy atom. The van der Waals surface area contributed by atoms with Crippen LogP contribution in [0.3, 0.4) is 0 Å². The number of carbonyl (C=O) groups is 1. The fraction of sp³-hybridized carbons (Fsp3) is 0.0952. The van der Waals surface area contributed by atoms with Crippen LogP contribution >= 0.6 is 11.6 Å². The smallest absolute Gasteiger partial charge is 0.258 e. The molecule has 0 spiro atoms. The fourth-order valence-electron chi connectivity index (χ4n) is 3.16. The zero-order valence-electron chi connectivity index (χ0n) is 13.5. The monoisotopic (exact) mass is 348 g/mol. The van der Waals surface area contributed by atoms with Gasteiger partial charge >= 0.3 is 0 Å². The quantitative estimate of drug-likeness (QED) is 0.694. The number of rotatable bonds is 2. The molecule has 4 rings (SSSR count). The van der Waals surface area contributed by atoms with Gasteiger partial charge in [0.2, 0.25) is 0 Å². The number of nitrogens with zero attached hydrogens (tertiary/aromatic N) is 1. The first-order chi connectivity index (χ1) is 12.2. The Morgan fingerprint density at radius 1 is 0.920 bits per heavy atom. The highest BCUT2D eigenvalue weighted by Crippen LogP contribution is 2.36. The minimum Gasteiger partial charge on any atom is -0.375 e. The van der Waals surface area contributed by atoms with E-state index in [4.69, 9.17) is 11.6 Å². The lowest BCUT2D eigenvalue weighted by molar-refractivity contribution is 0.0985. The molecule has 0 fully saturated rings. The van der Waals surface area contributed by atoms with Gasteiger partial charge in [-0.05, 0) is 42.0 Å². The minimum absolute atomic E-state index is 0.0217. The summed E-state index contributed by atoms with van der Waals surface area (Å²) in [5, 5.41) is 4.17. The Hall–Kier alpha value is -2.78. The third kappa shape index (κ3) is 3.11. The van der Waals surface area contributed by atoms with Crippen LogP contribution in [0.4, 0.5) is 11.4 Å². The molecule has 25 heavy (non-hydrogen) atoms. The van der Waals surface area contributed by atoms with Crippen LogP contribution in [0.25, 0.3) is 0 Å². The third-order valence-corrected chi connectivity index (χ3v) is 4.68.